The van der Waals surface area contributed by atoms with E-state index in [0.717, 1.165) is 53.9 Å². The highest BCUT2D eigenvalue weighted by molar-refractivity contribution is 6.02. The van der Waals surface area contributed by atoms with Crippen molar-refractivity contribution < 1.29 is 29.0 Å². The van der Waals surface area contributed by atoms with Gasteiger partial charge in [-0.25, -0.2) is 9.59 Å². The van der Waals surface area contributed by atoms with Crippen molar-refractivity contribution in [2.24, 2.45) is 7.05 Å². The number of amides is 2. The van der Waals surface area contributed by atoms with E-state index < -0.39 is 5.97 Å². The first-order chi connectivity index (χ1) is 27.2. The number of carbonyl (C=O) groups is 3. The lowest BCUT2D eigenvalue weighted by Crippen LogP contribution is -2.52. The van der Waals surface area contributed by atoms with Gasteiger partial charge in [-0.3, -0.25) is 9.69 Å². The second-order valence-corrected chi connectivity index (χ2v) is 15.5. The fraction of sp³-hybridized carbons (Fsp3) is 0.326. The zero-order valence-corrected chi connectivity index (χ0v) is 31.9. The van der Waals surface area contributed by atoms with Crippen LogP contribution in [0.4, 0.5) is 4.79 Å². The van der Waals surface area contributed by atoms with E-state index in [0.29, 0.717) is 61.8 Å². The average Bonchev–Trinajstić information content (AvgIpc) is 3.71. The number of fused-ring (bicyclic) bond motifs is 5. The molecule has 56 heavy (non-hydrogen) atoms. The minimum Gasteiger partial charge on any atom is -0.478 e. The number of benzene rings is 4. The van der Waals surface area contributed by atoms with E-state index in [9.17, 15) is 14.7 Å². The summed E-state index contributed by atoms with van der Waals surface area (Å²) in [5.74, 6) is -1.16. The maximum absolute atomic E-state index is 15.2. The van der Waals surface area contributed by atoms with Crippen molar-refractivity contribution in [3.63, 3.8) is 0 Å². The first kappa shape index (κ1) is 36.0. The van der Waals surface area contributed by atoms with Crippen LogP contribution in [0.5, 0.6) is 0 Å². The number of nitrogens with zero attached hydrogens (tertiary/aromatic N) is 4. The van der Waals surface area contributed by atoms with Crippen LogP contribution in [0, 0.1) is 6.92 Å². The second-order valence-electron chi connectivity index (χ2n) is 15.5. The molecule has 1 N–H and O–H groups in total. The van der Waals surface area contributed by atoms with Gasteiger partial charge < -0.3 is 28.9 Å². The van der Waals surface area contributed by atoms with Crippen LogP contribution in [0.2, 0.25) is 0 Å². The quantitative estimate of drug-likeness (QED) is 0.193. The van der Waals surface area contributed by atoms with E-state index in [-0.39, 0.29) is 36.1 Å². The molecule has 10 heteroatoms. The maximum atomic E-state index is 15.2. The normalized spacial score (nSPS) is 17.9. The standard InChI is InChI=1S/C46H46N4O6/c1-29-39(45(52)53)24-43(47(29)2)40-22-31-15-16-49(46(54)56-28-42-37-13-7-5-11-35(37)36-12-6-8-14-38(36)42)25-33(31)23-41(40)44(51)50-26-32-10-4-3-9-30(32)21-34(50)27-48-17-19-55-20-18-48/h3-14,22-24,34,42H,15-21,25-28H2,1-2H3,(H,52,53)/t34-/m0/s1. The van der Waals surface area contributed by atoms with Crippen molar-refractivity contribution in [3.05, 3.63) is 141 Å². The van der Waals surface area contributed by atoms with Crippen LogP contribution in [0.15, 0.2) is 91.0 Å². The first-order valence-electron chi connectivity index (χ1n) is 19.6. The lowest BCUT2D eigenvalue weighted by atomic mass is 9.89. The van der Waals surface area contributed by atoms with Gasteiger partial charge in [-0.1, -0.05) is 72.8 Å². The van der Waals surface area contributed by atoms with Gasteiger partial charge in [0.2, 0.25) is 0 Å². The number of aromatic carboxylic acids is 1. The Labute approximate surface area is 326 Å². The number of rotatable bonds is 7. The molecule has 2 amide bonds. The van der Waals surface area contributed by atoms with Gasteiger partial charge in [0.1, 0.15) is 6.61 Å². The van der Waals surface area contributed by atoms with Gasteiger partial charge >= 0.3 is 12.1 Å². The van der Waals surface area contributed by atoms with Crippen LogP contribution in [-0.4, -0.2) is 94.4 Å². The topological polar surface area (TPSA) is 105 Å². The molecule has 1 aromatic heterocycles. The number of ether oxygens (including phenoxy) is 2. The van der Waals surface area contributed by atoms with Gasteiger partial charge in [-0.05, 0) is 82.5 Å². The van der Waals surface area contributed by atoms with Crippen molar-refractivity contribution >= 4 is 18.0 Å². The van der Waals surface area contributed by atoms with E-state index in [1.54, 1.807) is 17.9 Å². The van der Waals surface area contributed by atoms with Crippen LogP contribution in [0.1, 0.15) is 65.7 Å². The Hall–Kier alpha value is -5.71. The molecule has 4 aromatic carbocycles. The van der Waals surface area contributed by atoms with E-state index in [2.05, 4.69) is 47.4 Å². The predicted octanol–water partition coefficient (Wildman–Crippen LogP) is 6.91. The minimum atomic E-state index is -1.01. The molecule has 0 spiro atoms. The number of carboxylic acids is 1. The Balaban J connectivity index is 1.04. The molecule has 5 aromatic rings. The molecule has 3 aliphatic heterocycles. The minimum absolute atomic E-state index is 0.0419. The molecule has 286 valence electrons. The van der Waals surface area contributed by atoms with Crippen LogP contribution in [0.3, 0.4) is 0 Å². The Morgan fingerprint density at radius 2 is 1.45 bits per heavy atom. The summed E-state index contributed by atoms with van der Waals surface area (Å²) in [6, 6.07) is 30.6. The molecule has 9 rings (SSSR count). The number of hydrogen-bond donors (Lipinski definition) is 1. The summed E-state index contributed by atoms with van der Waals surface area (Å²) in [6.45, 7) is 6.97. The van der Waals surface area contributed by atoms with Gasteiger partial charge in [-0.15, -0.1) is 0 Å². The molecule has 4 aliphatic rings. The Morgan fingerprint density at radius 1 is 0.768 bits per heavy atom. The maximum Gasteiger partial charge on any atom is 0.410 e. The molecule has 4 heterocycles. The summed E-state index contributed by atoms with van der Waals surface area (Å²) >= 11 is 0. The fourth-order valence-corrected chi connectivity index (χ4v) is 9.24. The molecular weight excluding hydrogens is 705 g/mol. The van der Waals surface area contributed by atoms with Crippen molar-refractivity contribution in [2.75, 3.05) is 46.0 Å². The van der Waals surface area contributed by atoms with Crippen molar-refractivity contribution in [2.45, 2.75) is 44.8 Å². The van der Waals surface area contributed by atoms with Crippen LogP contribution >= 0.6 is 0 Å². The Morgan fingerprint density at radius 3 is 2.14 bits per heavy atom. The third kappa shape index (κ3) is 6.46. The highest BCUT2D eigenvalue weighted by atomic mass is 16.6. The van der Waals surface area contributed by atoms with Gasteiger partial charge in [0.05, 0.1) is 18.8 Å². The third-order valence-electron chi connectivity index (χ3n) is 12.4. The van der Waals surface area contributed by atoms with Crippen LogP contribution in [-0.2, 0) is 42.5 Å². The molecule has 0 unspecified atom stereocenters. The molecule has 1 aliphatic carbocycles. The van der Waals surface area contributed by atoms with Crippen LogP contribution in [0.25, 0.3) is 22.4 Å². The summed E-state index contributed by atoms with van der Waals surface area (Å²) < 4.78 is 13.6. The summed E-state index contributed by atoms with van der Waals surface area (Å²) in [4.78, 5) is 47.4. The van der Waals surface area contributed by atoms with Gasteiger partial charge in [0.15, 0.2) is 0 Å². The molecule has 0 radical (unpaired) electrons. The second kappa shape index (κ2) is 14.7. The third-order valence-corrected chi connectivity index (χ3v) is 12.4. The molecule has 1 saturated heterocycles. The highest BCUT2D eigenvalue weighted by Gasteiger charge is 2.36. The van der Waals surface area contributed by atoms with Crippen molar-refractivity contribution in [1.29, 1.82) is 0 Å². The number of aromatic nitrogens is 1. The molecule has 1 fully saturated rings. The van der Waals surface area contributed by atoms with E-state index in [1.807, 2.05) is 59.0 Å². The highest BCUT2D eigenvalue weighted by Crippen LogP contribution is 2.45. The SMILES string of the molecule is Cc1c(C(=O)O)cc(-c2cc3c(cc2C(=O)N2Cc4ccccc4C[C@H]2CN2CCOCC2)CN(C(=O)OCC2c4ccccc4-c4ccccc42)CC3)n1C. The number of carbonyl (C=O) groups excluding carboxylic acids is 2. The van der Waals surface area contributed by atoms with Crippen LogP contribution < -0.4 is 0 Å². The molecule has 0 bridgehead atoms. The Bertz CT molecular complexity index is 2310. The molecular formula is C46H46N4O6. The largest absolute Gasteiger partial charge is 0.478 e. The molecule has 10 nitrogen and oxygen atoms in total. The Kier molecular flexibility index (Phi) is 9.47. The van der Waals surface area contributed by atoms with E-state index in [4.69, 9.17) is 9.47 Å². The zero-order chi connectivity index (χ0) is 38.5. The lowest BCUT2D eigenvalue weighted by Gasteiger charge is -2.41. The summed E-state index contributed by atoms with van der Waals surface area (Å²) in [5, 5.41) is 10.0. The fourth-order valence-electron chi connectivity index (χ4n) is 9.24. The summed E-state index contributed by atoms with van der Waals surface area (Å²) in [5.41, 5.74) is 11.7. The summed E-state index contributed by atoms with van der Waals surface area (Å²) in [6.07, 6.45) is 0.936. The van der Waals surface area contributed by atoms with Crippen molar-refractivity contribution in [3.8, 4) is 22.4 Å². The summed E-state index contributed by atoms with van der Waals surface area (Å²) in [7, 11) is 1.85. The van der Waals surface area contributed by atoms with Crippen molar-refractivity contribution in [1.82, 2.24) is 19.3 Å². The zero-order valence-electron chi connectivity index (χ0n) is 31.9. The smallest absolute Gasteiger partial charge is 0.410 e. The van der Waals surface area contributed by atoms with E-state index >= 15 is 4.79 Å². The molecule has 0 saturated carbocycles. The lowest BCUT2D eigenvalue weighted by molar-refractivity contribution is 0.0193. The predicted molar refractivity (Wildman–Crippen MR) is 213 cm³/mol. The molecule has 1 atom stereocenters. The number of morpholine rings is 1. The average molecular weight is 751 g/mol. The van der Waals surface area contributed by atoms with E-state index in [1.165, 1.54) is 16.7 Å². The number of carboxylic acid groups (broad SMARTS) is 1. The van der Waals surface area contributed by atoms with Gasteiger partial charge in [0.25, 0.3) is 5.91 Å². The van der Waals surface area contributed by atoms with Gasteiger partial charge in [0, 0.05) is 80.8 Å². The monoisotopic (exact) mass is 750 g/mol. The first-order valence-corrected chi connectivity index (χ1v) is 19.6. The van der Waals surface area contributed by atoms with Gasteiger partial charge in [-0.2, -0.15) is 0 Å². The number of hydrogen-bond acceptors (Lipinski definition) is 6.